The van der Waals surface area contributed by atoms with Crippen LogP contribution < -0.4 is 4.74 Å². The van der Waals surface area contributed by atoms with E-state index in [1.54, 1.807) is 12.1 Å². The maximum absolute atomic E-state index is 13.5. The molecular formula is C23H25F2N3O3. The lowest BCUT2D eigenvalue weighted by atomic mass is 9.72. The van der Waals surface area contributed by atoms with Crippen LogP contribution in [0.15, 0.2) is 41.6 Å². The summed E-state index contributed by atoms with van der Waals surface area (Å²) < 4.78 is 32.4. The van der Waals surface area contributed by atoms with Gasteiger partial charge in [-0.05, 0) is 30.2 Å². The quantitative estimate of drug-likeness (QED) is 0.333. The van der Waals surface area contributed by atoms with Gasteiger partial charge in [0, 0.05) is 36.6 Å². The minimum absolute atomic E-state index is 0.0495. The number of hydrogen-bond donors (Lipinski definition) is 2. The molecule has 1 aliphatic rings. The number of ether oxygens (including phenoxy) is 1. The Morgan fingerprint density at radius 3 is 2.87 bits per heavy atom. The second-order valence-electron chi connectivity index (χ2n) is 8.22. The Bertz CT molecular complexity index is 1100. The molecule has 0 unspecified atom stereocenters. The van der Waals surface area contributed by atoms with Crippen LogP contribution in [0.2, 0.25) is 0 Å². The number of oxime groups is 1. The SMILES string of the molecule is CC(C)[C@H]1c2ccc(F)cc2OC[C@]1(O)CC=NOCCc1nc2ccc(F)cc2[nH]1. The zero-order valence-corrected chi connectivity index (χ0v) is 17.4. The average molecular weight is 429 g/mol. The number of fused-ring (bicyclic) bond motifs is 2. The smallest absolute Gasteiger partial charge is 0.126 e. The van der Waals surface area contributed by atoms with Gasteiger partial charge in [0.2, 0.25) is 0 Å². The Morgan fingerprint density at radius 1 is 1.29 bits per heavy atom. The Labute approximate surface area is 178 Å². The zero-order valence-electron chi connectivity index (χ0n) is 17.4. The molecule has 6 nitrogen and oxygen atoms in total. The van der Waals surface area contributed by atoms with Gasteiger partial charge in [-0.1, -0.05) is 25.1 Å². The monoisotopic (exact) mass is 429 g/mol. The summed E-state index contributed by atoms with van der Waals surface area (Å²) in [5.74, 6) is 0.363. The molecule has 0 saturated heterocycles. The highest BCUT2D eigenvalue weighted by molar-refractivity contribution is 5.74. The summed E-state index contributed by atoms with van der Waals surface area (Å²) >= 11 is 0. The lowest BCUT2D eigenvalue weighted by Crippen LogP contribution is -2.47. The molecule has 0 fully saturated rings. The molecule has 0 radical (unpaired) electrons. The largest absolute Gasteiger partial charge is 0.490 e. The summed E-state index contributed by atoms with van der Waals surface area (Å²) in [5.41, 5.74) is 0.951. The van der Waals surface area contributed by atoms with Gasteiger partial charge >= 0.3 is 0 Å². The highest BCUT2D eigenvalue weighted by Crippen LogP contribution is 2.45. The number of hydrogen-bond acceptors (Lipinski definition) is 5. The van der Waals surface area contributed by atoms with Crippen molar-refractivity contribution in [2.75, 3.05) is 13.2 Å². The number of aromatic nitrogens is 2. The molecule has 1 aromatic heterocycles. The van der Waals surface area contributed by atoms with Crippen LogP contribution in [0.4, 0.5) is 8.78 Å². The van der Waals surface area contributed by atoms with Crippen molar-refractivity contribution >= 4 is 17.2 Å². The third-order valence-corrected chi connectivity index (χ3v) is 5.55. The van der Waals surface area contributed by atoms with E-state index in [0.717, 1.165) is 5.56 Å². The summed E-state index contributed by atoms with van der Waals surface area (Å²) in [5, 5.41) is 15.2. The minimum Gasteiger partial charge on any atom is -0.490 e. The lowest BCUT2D eigenvalue weighted by Gasteiger charge is -2.42. The van der Waals surface area contributed by atoms with E-state index in [1.165, 1.54) is 30.5 Å². The molecule has 0 amide bonds. The number of aliphatic hydroxyl groups is 1. The molecule has 0 saturated carbocycles. The van der Waals surface area contributed by atoms with Gasteiger partial charge in [0.1, 0.15) is 42.0 Å². The normalized spacial score (nSPS) is 20.9. The molecule has 2 atom stereocenters. The minimum atomic E-state index is -1.17. The van der Waals surface area contributed by atoms with Crippen LogP contribution in [0.1, 0.15) is 37.6 Å². The van der Waals surface area contributed by atoms with Gasteiger partial charge in [-0.3, -0.25) is 0 Å². The van der Waals surface area contributed by atoms with Crippen molar-refractivity contribution in [3.8, 4) is 5.75 Å². The first-order chi connectivity index (χ1) is 14.9. The molecule has 2 heterocycles. The fourth-order valence-electron chi connectivity index (χ4n) is 4.23. The van der Waals surface area contributed by atoms with Gasteiger partial charge in [0.25, 0.3) is 0 Å². The Kier molecular flexibility index (Phi) is 5.91. The average Bonchev–Trinajstić information content (AvgIpc) is 3.12. The molecule has 0 bridgehead atoms. The number of nitrogens with one attached hydrogen (secondary N) is 1. The second-order valence-corrected chi connectivity index (χ2v) is 8.22. The maximum Gasteiger partial charge on any atom is 0.126 e. The van der Waals surface area contributed by atoms with E-state index in [-0.39, 0.29) is 43.1 Å². The Morgan fingerprint density at radius 2 is 2.06 bits per heavy atom. The summed E-state index contributed by atoms with van der Waals surface area (Å²) in [6.07, 6.45) is 2.24. The fraction of sp³-hybridized carbons (Fsp3) is 0.391. The molecule has 0 aliphatic carbocycles. The van der Waals surface area contributed by atoms with Gasteiger partial charge in [-0.2, -0.15) is 0 Å². The van der Waals surface area contributed by atoms with Crippen LogP contribution in [-0.2, 0) is 11.3 Å². The van der Waals surface area contributed by atoms with E-state index < -0.39 is 5.60 Å². The Hall–Kier alpha value is -3.00. The molecule has 0 spiro atoms. The van der Waals surface area contributed by atoms with Crippen LogP contribution >= 0.6 is 0 Å². The third-order valence-electron chi connectivity index (χ3n) is 5.55. The summed E-state index contributed by atoms with van der Waals surface area (Å²) in [7, 11) is 0. The predicted molar refractivity (Wildman–Crippen MR) is 113 cm³/mol. The van der Waals surface area contributed by atoms with E-state index in [1.807, 2.05) is 13.8 Å². The number of H-pyrrole nitrogens is 1. The van der Waals surface area contributed by atoms with Gasteiger partial charge < -0.3 is 19.7 Å². The van der Waals surface area contributed by atoms with Crippen molar-refractivity contribution in [2.24, 2.45) is 11.1 Å². The van der Waals surface area contributed by atoms with Crippen molar-refractivity contribution in [1.29, 1.82) is 0 Å². The van der Waals surface area contributed by atoms with E-state index in [0.29, 0.717) is 29.0 Å². The number of nitrogens with zero attached hydrogens (tertiary/aromatic N) is 2. The fourth-order valence-corrected chi connectivity index (χ4v) is 4.23. The first-order valence-corrected chi connectivity index (χ1v) is 10.3. The highest BCUT2D eigenvalue weighted by atomic mass is 19.1. The molecule has 8 heteroatoms. The van der Waals surface area contributed by atoms with E-state index in [2.05, 4.69) is 15.1 Å². The van der Waals surface area contributed by atoms with Crippen molar-refractivity contribution in [3.63, 3.8) is 0 Å². The van der Waals surface area contributed by atoms with E-state index in [4.69, 9.17) is 9.57 Å². The maximum atomic E-state index is 13.5. The molecular weight excluding hydrogens is 404 g/mol. The predicted octanol–water partition coefficient (Wildman–Crippen LogP) is 4.34. The second kappa shape index (κ2) is 8.63. The van der Waals surface area contributed by atoms with Crippen molar-refractivity contribution in [3.05, 3.63) is 59.4 Å². The third kappa shape index (κ3) is 4.54. The first kappa shape index (κ1) is 21.2. The molecule has 2 N–H and O–H groups in total. The van der Waals surface area contributed by atoms with Crippen LogP contribution in [0.5, 0.6) is 5.75 Å². The van der Waals surface area contributed by atoms with Gasteiger partial charge in [0.05, 0.1) is 11.0 Å². The zero-order chi connectivity index (χ0) is 22.0. The van der Waals surface area contributed by atoms with Crippen molar-refractivity contribution < 1.29 is 23.5 Å². The highest BCUT2D eigenvalue weighted by Gasteiger charge is 2.44. The Balaban J connectivity index is 1.34. The lowest BCUT2D eigenvalue weighted by molar-refractivity contribution is -0.0481. The van der Waals surface area contributed by atoms with Crippen molar-refractivity contribution in [2.45, 2.75) is 38.2 Å². The van der Waals surface area contributed by atoms with Crippen LogP contribution in [0.25, 0.3) is 11.0 Å². The molecule has 3 aromatic rings. The molecule has 1 aliphatic heterocycles. The molecule has 164 valence electrons. The molecule has 2 aromatic carbocycles. The standard InChI is InChI=1S/C23H25F2N3O3/c1-14(2)22-17-5-3-16(25)12-20(17)30-13-23(22,29)8-9-26-31-10-7-21-27-18-6-4-15(24)11-19(18)28-21/h3-6,9,11-12,14,22,29H,7-8,10,13H2,1-2H3,(H,27,28)/t22-,23+/m0/s1. The molecule has 4 rings (SSSR count). The number of rotatable bonds is 7. The topological polar surface area (TPSA) is 79.7 Å². The summed E-state index contributed by atoms with van der Waals surface area (Å²) in [4.78, 5) is 12.7. The number of halogens is 2. The summed E-state index contributed by atoms with van der Waals surface area (Å²) in [6, 6.07) is 8.80. The number of imidazole rings is 1. The molecule has 31 heavy (non-hydrogen) atoms. The van der Waals surface area contributed by atoms with E-state index in [9.17, 15) is 13.9 Å². The van der Waals surface area contributed by atoms with Crippen LogP contribution in [-0.4, -0.2) is 40.1 Å². The van der Waals surface area contributed by atoms with Gasteiger partial charge in [0.15, 0.2) is 0 Å². The number of benzene rings is 2. The van der Waals surface area contributed by atoms with Gasteiger partial charge in [-0.15, -0.1) is 0 Å². The number of aromatic amines is 1. The van der Waals surface area contributed by atoms with Crippen LogP contribution in [0.3, 0.4) is 0 Å². The summed E-state index contributed by atoms with van der Waals surface area (Å²) in [6.45, 7) is 4.36. The van der Waals surface area contributed by atoms with E-state index >= 15 is 0 Å². The first-order valence-electron chi connectivity index (χ1n) is 10.3. The van der Waals surface area contributed by atoms with Crippen LogP contribution in [0, 0.1) is 17.6 Å². The van der Waals surface area contributed by atoms with Crippen molar-refractivity contribution in [1.82, 2.24) is 9.97 Å². The van der Waals surface area contributed by atoms with Gasteiger partial charge in [-0.25, -0.2) is 13.8 Å².